The summed E-state index contributed by atoms with van der Waals surface area (Å²) in [4.78, 5) is 4.02. The molecule has 0 bridgehead atoms. The van der Waals surface area contributed by atoms with Gasteiger partial charge in [-0.3, -0.25) is 0 Å². The number of imidazole rings is 1. The average Bonchev–Trinajstić information content (AvgIpc) is 2.59. The fourth-order valence-electron chi connectivity index (χ4n) is 0.985. The summed E-state index contributed by atoms with van der Waals surface area (Å²) >= 11 is 0. The number of rotatable bonds is 2. The first-order valence-corrected chi connectivity index (χ1v) is 5.46. The van der Waals surface area contributed by atoms with Crippen LogP contribution in [0.5, 0.6) is 0 Å². The van der Waals surface area contributed by atoms with Crippen LogP contribution in [0.15, 0.2) is 18.7 Å². The van der Waals surface area contributed by atoms with Gasteiger partial charge in [0.05, 0.1) is 6.33 Å². The van der Waals surface area contributed by atoms with Crippen LogP contribution in [0.1, 0.15) is 41.5 Å². The fraction of sp³-hybridized carbons (Fsp3) is 0.750. The molecule has 0 aliphatic rings. The van der Waals surface area contributed by atoms with Crippen LogP contribution in [-0.2, 0) is 6.54 Å². The minimum Gasteiger partial charge on any atom is -0.337 e. The highest BCUT2D eigenvalue weighted by Crippen LogP contribution is 2.26. The Morgan fingerprint density at radius 2 is 1.86 bits per heavy atom. The third kappa shape index (κ3) is 4.45. The molecule has 1 aromatic heterocycles. The molecule has 0 aliphatic carbocycles. The lowest BCUT2D eigenvalue weighted by molar-refractivity contribution is 0.233. The van der Waals surface area contributed by atoms with Gasteiger partial charge >= 0.3 is 0 Å². The van der Waals surface area contributed by atoms with Gasteiger partial charge in [-0.2, -0.15) is 0 Å². The zero-order chi connectivity index (χ0) is 11.2. The van der Waals surface area contributed by atoms with E-state index in [9.17, 15) is 0 Å². The van der Waals surface area contributed by atoms with Crippen LogP contribution in [0.3, 0.4) is 0 Å². The van der Waals surface area contributed by atoms with E-state index in [0.717, 1.165) is 6.54 Å². The van der Waals surface area contributed by atoms with Crippen molar-refractivity contribution in [3.63, 3.8) is 0 Å². The van der Waals surface area contributed by atoms with Crippen LogP contribution in [0.25, 0.3) is 0 Å². The number of aromatic nitrogens is 2. The molecule has 0 fully saturated rings. The summed E-state index contributed by atoms with van der Waals surface area (Å²) in [7, 11) is 0. The van der Waals surface area contributed by atoms with Gasteiger partial charge in [0.1, 0.15) is 0 Å². The first kappa shape index (κ1) is 13.2. The van der Waals surface area contributed by atoms with E-state index < -0.39 is 0 Å². The van der Waals surface area contributed by atoms with Gasteiger partial charge in [-0.1, -0.05) is 41.5 Å². The molecule has 0 spiro atoms. The second-order valence-electron chi connectivity index (χ2n) is 4.53. The van der Waals surface area contributed by atoms with E-state index >= 15 is 0 Å². The normalized spacial score (nSPS) is 13.0. The maximum absolute atomic E-state index is 4.02. The minimum atomic E-state index is 0.379. The van der Waals surface area contributed by atoms with Crippen molar-refractivity contribution in [1.82, 2.24) is 9.55 Å². The largest absolute Gasteiger partial charge is 0.337 e. The molecule has 1 heterocycles. The van der Waals surface area contributed by atoms with Gasteiger partial charge in [-0.15, -0.1) is 0 Å². The van der Waals surface area contributed by atoms with Crippen molar-refractivity contribution in [2.75, 3.05) is 0 Å². The lowest BCUT2D eigenvalue weighted by Gasteiger charge is -2.27. The molecule has 14 heavy (non-hydrogen) atoms. The Morgan fingerprint density at radius 1 is 1.29 bits per heavy atom. The molecule has 0 N–H and O–H groups in total. The Balaban J connectivity index is 0.000000791. The van der Waals surface area contributed by atoms with E-state index in [1.807, 2.05) is 32.6 Å². The Kier molecular flexibility index (Phi) is 5.51. The van der Waals surface area contributed by atoms with E-state index in [1.165, 1.54) is 0 Å². The van der Waals surface area contributed by atoms with Gasteiger partial charge in [0, 0.05) is 18.9 Å². The van der Waals surface area contributed by atoms with E-state index in [0.29, 0.717) is 11.3 Å². The Hall–Kier alpha value is -0.790. The molecule has 0 aromatic carbocycles. The minimum absolute atomic E-state index is 0.379. The summed E-state index contributed by atoms with van der Waals surface area (Å²) in [5.41, 5.74) is 0.379. The Morgan fingerprint density at radius 3 is 2.21 bits per heavy atom. The van der Waals surface area contributed by atoms with Crippen LogP contribution >= 0.6 is 0 Å². The second-order valence-corrected chi connectivity index (χ2v) is 4.53. The van der Waals surface area contributed by atoms with Gasteiger partial charge in [-0.25, -0.2) is 4.98 Å². The maximum Gasteiger partial charge on any atom is 0.0945 e. The molecule has 1 unspecified atom stereocenters. The predicted molar refractivity (Wildman–Crippen MR) is 62.2 cm³/mol. The fourth-order valence-corrected chi connectivity index (χ4v) is 0.985. The van der Waals surface area contributed by atoms with Crippen LogP contribution < -0.4 is 0 Å². The zero-order valence-corrected chi connectivity index (χ0v) is 10.4. The van der Waals surface area contributed by atoms with Crippen molar-refractivity contribution in [3.05, 3.63) is 18.7 Å². The Bertz CT molecular complexity index is 219. The maximum atomic E-state index is 4.02. The molecule has 1 rings (SSSR count). The molecule has 2 nitrogen and oxygen atoms in total. The predicted octanol–water partition coefficient (Wildman–Crippen LogP) is 3.59. The van der Waals surface area contributed by atoms with E-state index in [4.69, 9.17) is 0 Å². The van der Waals surface area contributed by atoms with Crippen LogP contribution in [0.2, 0.25) is 0 Å². The van der Waals surface area contributed by atoms with Gasteiger partial charge in [0.25, 0.3) is 0 Å². The summed E-state index contributed by atoms with van der Waals surface area (Å²) in [6.45, 7) is 14.2. The third-order valence-corrected chi connectivity index (χ3v) is 2.52. The van der Waals surface area contributed by atoms with Crippen molar-refractivity contribution in [2.45, 2.75) is 48.1 Å². The molecular weight excluding hydrogens is 172 g/mol. The molecule has 1 atom stereocenters. The van der Waals surface area contributed by atoms with Crippen LogP contribution in [0, 0.1) is 11.3 Å². The summed E-state index contributed by atoms with van der Waals surface area (Å²) in [5.74, 6) is 0.673. The van der Waals surface area contributed by atoms with Crippen molar-refractivity contribution < 1.29 is 0 Å². The van der Waals surface area contributed by atoms with Crippen LogP contribution in [-0.4, -0.2) is 9.55 Å². The molecule has 0 radical (unpaired) electrons. The highest BCUT2D eigenvalue weighted by molar-refractivity contribution is 4.78. The highest BCUT2D eigenvalue weighted by atomic mass is 15.0. The molecule has 82 valence electrons. The first-order chi connectivity index (χ1) is 6.50. The molecule has 2 heteroatoms. The molecule has 0 saturated carbocycles. The molecular formula is C12H24N2. The Labute approximate surface area is 88.4 Å². The van der Waals surface area contributed by atoms with Crippen molar-refractivity contribution in [3.8, 4) is 0 Å². The van der Waals surface area contributed by atoms with Gasteiger partial charge in [0.15, 0.2) is 0 Å². The molecule has 0 saturated heterocycles. The quantitative estimate of drug-likeness (QED) is 0.706. The highest BCUT2D eigenvalue weighted by Gasteiger charge is 2.19. The topological polar surface area (TPSA) is 17.8 Å². The zero-order valence-electron chi connectivity index (χ0n) is 10.4. The first-order valence-electron chi connectivity index (χ1n) is 5.46. The van der Waals surface area contributed by atoms with E-state index in [2.05, 4.69) is 37.2 Å². The number of nitrogens with zero attached hydrogens (tertiary/aromatic N) is 2. The lowest BCUT2D eigenvalue weighted by atomic mass is 9.82. The van der Waals surface area contributed by atoms with Crippen molar-refractivity contribution in [2.24, 2.45) is 11.3 Å². The summed E-state index contributed by atoms with van der Waals surface area (Å²) < 4.78 is 2.13. The number of hydrogen-bond donors (Lipinski definition) is 0. The van der Waals surface area contributed by atoms with Crippen molar-refractivity contribution >= 4 is 0 Å². The van der Waals surface area contributed by atoms with Gasteiger partial charge in [-0.05, 0) is 11.3 Å². The SMILES string of the molecule is CC.CC(Cn1ccnc1)C(C)(C)C. The smallest absolute Gasteiger partial charge is 0.0945 e. The standard InChI is InChI=1S/C10H18N2.C2H6/c1-9(10(2,3)4)7-12-6-5-11-8-12;1-2/h5-6,8-9H,7H2,1-4H3;1-2H3. The van der Waals surface area contributed by atoms with E-state index in [1.54, 1.807) is 0 Å². The molecule has 0 amide bonds. The lowest BCUT2D eigenvalue weighted by Crippen LogP contribution is -2.21. The average molecular weight is 196 g/mol. The summed E-state index contributed by atoms with van der Waals surface area (Å²) in [5, 5.41) is 0. The van der Waals surface area contributed by atoms with Gasteiger partial charge in [0.2, 0.25) is 0 Å². The van der Waals surface area contributed by atoms with E-state index in [-0.39, 0.29) is 0 Å². The number of hydrogen-bond acceptors (Lipinski definition) is 1. The van der Waals surface area contributed by atoms with Gasteiger partial charge < -0.3 is 4.57 Å². The summed E-state index contributed by atoms with van der Waals surface area (Å²) in [6.07, 6.45) is 5.72. The van der Waals surface area contributed by atoms with Crippen molar-refractivity contribution in [1.29, 1.82) is 0 Å². The third-order valence-electron chi connectivity index (χ3n) is 2.52. The second kappa shape index (κ2) is 5.84. The molecule has 0 aliphatic heterocycles. The summed E-state index contributed by atoms with van der Waals surface area (Å²) in [6, 6.07) is 0. The molecule has 1 aromatic rings. The monoisotopic (exact) mass is 196 g/mol. The van der Waals surface area contributed by atoms with Crippen LogP contribution in [0.4, 0.5) is 0 Å².